The number of aromatic nitrogens is 1. The lowest BCUT2D eigenvalue weighted by Gasteiger charge is -2.05. The second-order valence-electron chi connectivity index (χ2n) is 3.82. The van der Waals surface area contributed by atoms with Gasteiger partial charge in [0.2, 0.25) is 0 Å². The summed E-state index contributed by atoms with van der Waals surface area (Å²) in [7, 11) is 0. The van der Waals surface area contributed by atoms with Crippen LogP contribution in [0.15, 0.2) is 28.1 Å². The van der Waals surface area contributed by atoms with Crippen LogP contribution >= 0.6 is 27.3 Å². The summed E-state index contributed by atoms with van der Waals surface area (Å²) in [4.78, 5) is 4.40. The number of nitrogen functional groups attached to an aromatic ring is 1. The predicted octanol–water partition coefficient (Wildman–Crippen LogP) is 3.09. The molecule has 1 heterocycles. The van der Waals surface area contributed by atoms with Gasteiger partial charge < -0.3 is 11.1 Å². The minimum atomic E-state index is 0.772. The Bertz CT molecular complexity index is 510. The number of rotatable bonds is 4. The third kappa shape index (κ3) is 3.52. The van der Waals surface area contributed by atoms with Crippen LogP contribution in [0, 0.1) is 6.92 Å². The number of halogens is 1. The second-order valence-corrected chi connectivity index (χ2v) is 5.73. The van der Waals surface area contributed by atoms with Crippen LogP contribution < -0.4 is 11.1 Å². The number of benzene rings is 1. The van der Waals surface area contributed by atoms with Crippen molar-refractivity contribution in [2.75, 3.05) is 5.73 Å². The van der Waals surface area contributed by atoms with Gasteiger partial charge in [-0.1, -0.05) is 6.07 Å². The molecule has 0 atom stereocenters. The van der Waals surface area contributed by atoms with Crippen LogP contribution in [0.5, 0.6) is 0 Å². The van der Waals surface area contributed by atoms with Crippen molar-refractivity contribution in [1.29, 1.82) is 0 Å². The summed E-state index contributed by atoms with van der Waals surface area (Å²) in [6, 6.07) is 6.00. The first kappa shape index (κ1) is 12.5. The SMILES string of the molecule is Cc1nc(CNCc2ccc(Br)c(N)c2)cs1. The molecule has 0 aliphatic carbocycles. The highest BCUT2D eigenvalue weighted by Gasteiger charge is 2.00. The predicted molar refractivity (Wildman–Crippen MR) is 75.9 cm³/mol. The van der Waals surface area contributed by atoms with Gasteiger partial charge >= 0.3 is 0 Å². The Hall–Kier alpha value is -0.910. The van der Waals surface area contributed by atoms with Crippen LogP contribution in [0.25, 0.3) is 0 Å². The molecule has 0 bridgehead atoms. The highest BCUT2D eigenvalue weighted by Crippen LogP contribution is 2.20. The molecule has 0 aliphatic heterocycles. The largest absolute Gasteiger partial charge is 0.398 e. The van der Waals surface area contributed by atoms with E-state index in [-0.39, 0.29) is 0 Å². The number of aryl methyl sites for hydroxylation is 1. The molecule has 1 aromatic carbocycles. The Kier molecular flexibility index (Phi) is 4.15. The number of hydrogen-bond donors (Lipinski definition) is 2. The lowest BCUT2D eigenvalue weighted by atomic mass is 10.2. The van der Waals surface area contributed by atoms with Crippen molar-refractivity contribution in [2.45, 2.75) is 20.0 Å². The van der Waals surface area contributed by atoms with Crippen LogP contribution in [0.1, 0.15) is 16.3 Å². The van der Waals surface area contributed by atoms with Gasteiger partial charge in [0, 0.05) is 28.6 Å². The lowest BCUT2D eigenvalue weighted by molar-refractivity contribution is 0.682. The molecule has 0 saturated heterocycles. The fourth-order valence-electron chi connectivity index (χ4n) is 1.53. The molecule has 3 N–H and O–H groups in total. The number of anilines is 1. The Morgan fingerprint density at radius 3 is 2.88 bits per heavy atom. The molecule has 0 amide bonds. The van der Waals surface area contributed by atoms with Crippen molar-refractivity contribution in [3.63, 3.8) is 0 Å². The zero-order valence-electron chi connectivity index (χ0n) is 9.53. The maximum atomic E-state index is 5.82. The molecule has 3 nitrogen and oxygen atoms in total. The van der Waals surface area contributed by atoms with E-state index >= 15 is 0 Å². The van der Waals surface area contributed by atoms with Crippen LogP contribution in [-0.2, 0) is 13.1 Å². The second kappa shape index (κ2) is 5.62. The highest BCUT2D eigenvalue weighted by molar-refractivity contribution is 9.10. The van der Waals surface area contributed by atoms with Gasteiger partial charge in [-0.25, -0.2) is 4.98 Å². The van der Waals surface area contributed by atoms with Crippen LogP contribution in [-0.4, -0.2) is 4.98 Å². The monoisotopic (exact) mass is 311 g/mol. The van der Waals surface area contributed by atoms with Crippen molar-refractivity contribution in [1.82, 2.24) is 10.3 Å². The number of nitrogens with one attached hydrogen (secondary N) is 1. The first-order chi connectivity index (χ1) is 8.15. The highest BCUT2D eigenvalue weighted by atomic mass is 79.9. The molecular formula is C12H14BrN3S. The van der Waals surface area contributed by atoms with Crippen molar-refractivity contribution in [3.8, 4) is 0 Å². The fourth-order valence-corrected chi connectivity index (χ4v) is 2.39. The van der Waals surface area contributed by atoms with Gasteiger partial charge in [-0.15, -0.1) is 11.3 Å². The van der Waals surface area contributed by atoms with E-state index < -0.39 is 0 Å². The molecule has 2 aromatic rings. The topological polar surface area (TPSA) is 50.9 Å². The standard InChI is InChI=1S/C12H14BrN3S/c1-8-16-10(7-17-8)6-15-5-9-2-3-11(13)12(14)4-9/h2-4,7,15H,5-6,14H2,1H3. The van der Waals surface area contributed by atoms with Crippen LogP contribution in [0.4, 0.5) is 5.69 Å². The molecule has 0 aliphatic rings. The summed E-state index contributed by atoms with van der Waals surface area (Å²) in [6.07, 6.45) is 0. The zero-order valence-corrected chi connectivity index (χ0v) is 11.9. The van der Waals surface area contributed by atoms with Crippen LogP contribution in [0.2, 0.25) is 0 Å². The summed E-state index contributed by atoms with van der Waals surface area (Å²) >= 11 is 5.06. The molecule has 0 radical (unpaired) electrons. The summed E-state index contributed by atoms with van der Waals surface area (Å²) < 4.78 is 0.941. The molecule has 0 unspecified atom stereocenters. The van der Waals surface area contributed by atoms with Gasteiger partial charge in [-0.2, -0.15) is 0 Å². The first-order valence-electron chi connectivity index (χ1n) is 5.31. The summed E-state index contributed by atoms with van der Waals surface area (Å²) in [5.74, 6) is 0. The van der Waals surface area contributed by atoms with Crippen molar-refractivity contribution in [3.05, 3.63) is 44.3 Å². The summed E-state index contributed by atoms with van der Waals surface area (Å²) in [5, 5.41) is 6.54. The third-order valence-electron chi connectivity index (χ3n) is 2.36. The molecule has 0 saturated carbocycles. The van der Waals surface area contributed by atoms with E-state index in [0.29, 0.717) is 0 Å². The quantitative estimate of drug-likeness (QED) is 0.853. The number of nitrogens with zero attached hydrogens (tertiary/aromatic N) is 1. The van der Waals surface area contributed by atoms with Gasteiger partial charge in [-0.05, 0) is 40.5 Å². The Labute approximate surface area is 113 Å². The minimum absolute atomic E-state index is 0.772. The molecule has 17 heavy (non-hydrogen) atoms. The molecule has 0 spiro atoms. The smallest absolute Gasteiger partial charge is 0.0897 e. The van der Waals surface area contributed by atoms with Gasteiger partial charge in [0.25, 0.3) is 0 Å². The van der Waals surface area contributed by atoms with Gasteiger partial charge in [0.05, 0.1) is 10.7 Å². The molecule has 0 fully saturated rings. The fraction of sp³-hybridized carbons (Fsp3) is 0.250. The van der Waals surface area contributed by atoms with E-state index in [9.17, 15) is 0 Å². The first-order valence-corrected chi connectivity index (χ1v) is 6.98. The molecular weight excluding hydrogens is 298 g/mol. The number of thiazole rings is 1. The average Bonchev–Trinajstić information content (AvgIpc) is 2.70. The maximum Gasteiger partial charge on any atom is 0.0897 e. The Morgan fingerprint density at radius 1 is 1.41 bits per heavy atom. The normalized spacial score (nSPS) is 10.7. The third-order valence-corrected chi connectivity index (χ3v) is 3.91. The average molecular weight is 312 g/mol. The van der Waals surface area contributed by atoms with Crippen molar-refractivity contribution in [2.24, 2.45) is 0 Å². The minimum Gasteiger partial charge on any atom is -0.398 e. The van der Waals surface area contributed by atoms with E-state index in [2.05, 4.69) is 37.7 Å². The number of hydrogen-bond acceptors (Lipinski definition) is 4. The number of nitrogens with two attached hydrogens (primary N) is 1. The van der Waals surface area contributed by atoms with Gasteiger partial charge in [0.15, 0.2) is 0 Å². The van der Waals surface area contributed by atoms with Crippen molar-refractivity contribution >= 4 is 33.0 Å². The Balaban J connectivity index is 1.87. The summed E-state index contributed by atoms with van der Waals surface area (Å²) in [5.41, 5.74) is 8.87. The molecule has 1 aromatic heterocycles. The van der Waals surface area contributed by atoms with E-state index in [1.807, 2.05) is 19.1 Å². The zero-order chi connectivity index (χ0) is 12.3. The van der Waals surface area contributed by atoms with E-state index in [1.54, 1.807) is 11.3 Å². The molecule has 5 heteroatoms. The molecule has 90 valence electrons. The lowest BCUT2D eigenvalue weighted by Crippen LogP contribution is -2.13. The van der Waals surface area contributed by atoms with Crippen LogP contribution in [0.3, 0.4) is 0 Å². The van der Waals surface area contributed by atoms with E-state index in [1.165, 1.54) is 5.56 Å². The van der Waals surface area contributed by atoms with Gasteiger partial charge in [0.1, 0.15) is 0 Å². The Morgan fingerprint density at radius 2 is 2.24 bits per heavy atom. The maximum absolute atomic E-state index is 5.82. The molecule has 2 rings (SSSR count). The van der Waals surface area contributed by atoms with Gasteiger partial charge in [-0.3, -0.25) is 0 Å². The summed E-state index contributed by atoms with van der Waals surface area (Å²) in [6.45, 7) is 3.61. The van der Waals surface area contributed by atoms with Crippen molar-refractivity contribution < 1.29 is 0 Å². The van der Waals surface area contributed by atoms with E-state index in [4.69, 9.17) is 5.73 Å². The van der Waals surface area contributed by atoms with E-state index in [0.717, 1.165) is 34.0 Å².